The largest absolute Gasteiger partial charge is 0.462 e. The van der Waals surface area contributed by atoms with Gasteiger partial charge in [-0.15, -0.1) is 0 Å². The van der Waals surface area contributed by atoms with Gasteiger partial charge >= 0.3 is 5.97 Å². The molecule has 0 amide bonds. The summed E-state index contributed by atoms with van der Waals surface area (Å²) in [6.45, 7) is 9.07. The fourth-order valence-corrected chi connectivity index (χ4v) is 3.83. The molecule has 1 aromatic carbocycles. The van der Waals surface area contributed by atoms with Crippen molar-refractivity contribution >= 4 is 34.0 Å². The lowest BCUT2D eigenvalue weighted by molar-refractivity contribution is 0.0503. The number of nitrogen functional groups attached to an aromatic ring is 1. The zero-order valence-corrected chi connectivity index (χ0v) is 18.6. The molecule has 2 heterocycles. The second-order valence-electron chi connectivity index (χ2n) is 8.53. The van der Waals surface area contributed by atoms with Gasteiger partial charge in [0, 0.05) is 6.04 Å². The summed E-state index contributed by atoms with van der Waals surface area (Å²) >= 11 is 0. The van der Waals surface area contributed by atoms with Gasteiger partial charge in [-0.2, -0.15) is 0 Å². The Bertz CT molecular complexity index is 1010. The second kappa shape index (κ2) is 9.92. The van der Waals surface area contributed by atoms with Gasteiger partial charge in [-0.25, -0.2) is 14.8 Å². The summed E-state index contributed by atoms with van der Waals surface area (Å²) in [5.41, 5.74) is 9.59. The molecule has 3 aromatic rings. The molecule has 2 N–H and O–H groups in total. The summed E-state index contributed by atoms with van der Waals surface area (Å²) in [6, 6.07) is 7.81. The smallest absolute Gasteiger partial charge is 0.344 e. The third kappa shape index (κ3) is 4.74. The molecule has 1 atom stereocenters. The number of carbonyl (C=O) groups excluding carboxylic acids is 1. The Morgan fingerprint density at radius 2 is 1.73 bits per heavy atom. The Morgan fingerprint density at radius 3 is 2.40 bits per heavy atom. The van der Waals surface area contributed by atoms with Gasteiger partial charge in [-0.3, -0.25) is 0 Å². The van der Waals surface area contributed by atoms with Crippen molar-refractivity contribution in [1.82, 2.24) is 14.5 Å². The van der Waals surface area contributed by atoms with Gasteiger partial charge in [0.25, 0.3) is 0 Å². The maximum absolute atomic E-state index is 12.9. The van der Waals surface area contributed by atoms with Crippen LogP contribution in [0.3, 0.4) is 0 Å². The molecule has 6 nitrogen and oxygen atoms in total. The summed E-state index contributed by atoms with van der Waals surface area (Å²) in [5, 5.41) is 0. The van der Waals surface area contributed by atoms with E-state index in [4.69, 9.17) is 20.4 Å². The number of hydrogen-bond donors (Lipinski definition) is 1. The molecule has 6 heteroatoms. The first-order chi connectivity index (χ1) is 14.4. The zero-order valence-electron chi connectivity index (χ0n) is 18.6. The maximum atomic E-state index is 12.9. The molecular weight excluding hydrogens is 376 g/mol. The number of anilines is 1. The molecule has 0 fully saturated rings. The fourth-order valence-electron chi connectivity index (χ4n) is 3.83. The SMILES string of the molecule is CCCCOC(=O)c1c(N)n([C@H](C)CCCCC(C)C)c2nc3ccccc3nc12. The number of fused-ring (bicyclic) bond motifs is 2. The predicted molar refractivity (Wildman–Crippen MR) is 123 cm³/mol. The minimum absolute atomic E-state index is 0.118. The minimum atomic E-state index is -0.415. The average molecular weight is 411 g/mol. The van der Waals surface area contributed by atoms with E-state index in [0.29, 0.717) is 35.1 Å². The Balaban J connectivity index is 2.01. The van der Waals surface area contributed by atoms with Crippen molar-refractivity contribution in [2.24, 2.45) is 5.92 Å². The lowest BCUT2D eigenvalue weighted by atomic mass is 10.0. The monoisotopic (exact) mass is 410 g/mol. The third-order valence-electron chi connectivity index (χ3n) is 5.56. The third-order valence-corrected chi connectivity index (χ3v) is 5.56. The molecule has 0 saturated heterocycles. The summed E-state index contributed by atoms with van der Waals surface area (Å²) in [7, 11) is 0. The molecule has 0 aliphatic heterocycles. The molecule has 0 aliphatic rings. The standard InChI is InChI=1S/C24H34N4O2/c1-5-6-15-30-24(29)20-21-23(27-19-14-10-9-13-18(19)26-21)28(22(20)25)17(4)12-8-7-11-16(2)3/h9-10,13-14,16-17H,5-8,11-12,15,25H2,1-4H3/t17-/m1/s1. The van der Waals surface area contributed by atoms with Gasteiger partial charge in [0.2, 0.25) is 0 Å². The van der Waals surface area contributed by atoms with Crippen LogP contribution in [-0.4, -0.2) is 27.1 Å². The number of nitrogens with two attached hydrogens (primary N) is 1. The zero-order chi connectivity index (χ0) is 21.7. The van der Waals surface area contributed by atoms with Gasteiger partial charge in [-0.05, 0) is 37.8 Å². The Morgan fingerprint density at radius 1 is 1.07 bits per heavy atom. The second-order valence-corrected chi connectivity index (χ2v) is 8.53. The lowest BCUT2D eigenvalue weighted by Gasteiger charge is -2.17. The highest BCUT2D eigenvalue weighted by molar-refractivity contribution is 6.08. The Labute approximate surface area is 178 Å². The number of nitrogens with zero attached hydrogens (tertiary/aromatic N) is 3. The van der Waals surface area contributed by atoms with Gasteiger partial charge in [0.1, 0.15) is 16.9 Å². The fraction of sp³-hybridized carbons (Fsp3) is 0.542. The van der Waals surface area contributed by atoms with E-state index >= 15 is 0 Å². The van der Waals surface area contributed by atoms with Gasteiger partial charge in [0.05, 0.1) is 17.6 Å². The first-order valence-corrected chi connectivity index (χ1v) is 11.2. The highest BCUT2D eigenvalue weighted by Gasteiger charge is 2.27. The Kier molecular flexibility index (Phi) is 7.29. The number of ether oxygens (including phenoxy) is 1. The molecule has 3 rings (SSSR count). The molecule has 0 saturated carbocycles. The maximum Gasteiger partial charge on any atom is 0.344 e. The first kappa shape index (κ1) is 22.1. The van der Waals surface area contributed by atoms with Crippen LogP contribution in [0.2, 0.25) is 0 Å². The van der Waals surface area contributed by atoms with E-state index < -0.39 is 5.97 Å². The number of aromatic nitrogens is 3. The van der Waals surface area contributed by atoms with Crippen molar-refractivity contribution in [2.45, 2.75) is 72.3 Å². The van der Waals surface area contributed by atoms with Crippen LogP contribution in [0, 0.1) is 5.92 Å². The summed E-state index contributed by atoms with van der Waals surface area (Å²) in [4.78, 5) is 22.5. The van der Waals surface area contributed by atoms with Crippen molar-refractivity contribution < 1.29 is 9.53 Å². The van der Waals surface area contributed by atoms with Crippen LogP contribution < -0.4 is 5.73 Å². The van der Waals surface area contributed by atoms with Crippen molar-refractivity contribution in [3.63, 3.8) is 0 Å². The highest BCUT2D eigenvalue weighted by atomic mass is 16.5. The molecule has 162 valence electrons. The van der Waals surface area contributed by atoms with Crippen LogP contribution in [0.25, 0.3) is 22.2 Å². The van der Waals surface area contributed by atoms with E-state index in [9.17, 15) is 4.79 Å². The number of esters is 1. The van der Waals surface area contributed by atoms with Crippen LogP contribution in [0.5, 0.6) is 0 Å². The summed E-state index contributed by atoms with van der Waals surface area (Å²) in [6.07, 6.45) is 6.26. The van der Waals surface area contributed by atoms with Gasteiger partial charge in [-0.1, -0.05) is 58.6 Å². The molecular formula is C24H34N4O2. The summed E-state index contributed by atoms with van der Waals surface area (Å²) < 4.78 is 7.46. The van der Waals surface area contributed by atoms with Gasteiger partial charge in [0.15, 0.2) is 5.65 Å². The number of para-hydroxylation sites is 2. The highest BCUT2D eigenvalue weighted by Crippen LogP contribution is 2.33. The van der Waals surface area contributed by atoms with Crippen LogP contribution >= 0.6 is 0 Å². The van der Waals surface area contributed by atoms with E-state index in [2.05, 4.69) is 27.7 Å². The van der Waals surface area contributed by atoms with Crippen molar-refractivity contribution in [1.29, 1.82) is 0 Å². The number of rotatable bonds is 10. The molecule has 0 radical (unpaired) electrons. The minimum Gasteiger partial charge on any atom is -0.462 e. The van der Waals surface area contributed by atoms with Crippen molar-refractivity contribution in [3.8, 4) is 0 Å². The van der Waals surface area contributed by atoms with Crippen LogP contribution in [0.1, 0.15) is 82.6 Å². The molecule has 0 unspecified atom stereocenters. The van der Waals surface area contributed by atoms with E-state index in [-0.39, 0.29) is 6.04 Å². The normalized spacial score (nSPS) is 12.7. The number of unbranched alkanes of at least 4 members (excludes halogenated alkanes) is 2. The van der Waals surface area contributed by atoms with Gasteiger partial charge < -0.3 is 15.0 Å². The van der Waals surface area contributed by atoms with Crippen molar-refractivity contribution in [2.75, 3.05) is 12.3 Å². The molecule has 0 aliphatic carbocycles. The molecule has 0 bridgehead atoms. The topological polar surface area (TPSA) is 83.0 Å². The number of carbonyl (C=O) groups is 1. The summed E-state index contributed by atoms with van der Waals surface area (Å²) in [5.74, 6) is 0.693. The van der Waals surface area contributed by atoms with E-state index in [1.54, 1.807) is 0 Å². The van der Waals surface area contributed by atoms with Crippen LogP contribution in [0.4, 0.5) is 5.82 Å². The molecule has 2 aromatic heterocycles. The van der Waals surface area contributed by atoms with E-state index in [0.717, 1.165) is 36.7 Å². The lowest BCUT2D eigenvalue weighted by Crippen LogP contribution is -2.13. The predicted octanol–water partition coefficient (Wildman–Crippen LogP) is 5.90. The quantitative estimate of drug-likeness (QED) is 0.332. The van der Waals surface area contributed by atoms with Crippen LogP contribution in [-0.2, 0) is 4.74 Å². The number of benzene rings is 1. The first-order valence-electron chi connectivity index (χ1n) is 11.2. The average Bonchev–Trinajstić information content (AvgIpc) is 3.00. The molecule has 30 heavy (non-hydrogen) atoms. The Hall–Kier alpha value is -2.63. The number of hydrogen-bond acceptors (Lipinski definition) is 5. The van der Waals surface area contributed by atoms with Crippen LogP contribution in [0.15, 0.2) is 24.3 Å². The van der Waals surface area contributed by atoms with Crippen molar-refractivity contribution in [3.05, 3.63) is 29.8 Å². The molecule has 0 spiro atoms. The van der Waals surface area contributed by atoms with E-state index in [1.807, 2.05) is 28.8 Å². The van der Waals surface area contributed by atoms with E-state index in [1.165, 1.54) is 12.8 Å².